The zero-order valence-electron chi connectivity index (χ0n) is 31.3. The summed E-state index contributed by atoms with van der Waals surface area (Å²) in [7, 11) is 9.87. The molecule has 2 aliphatic carbocycles. The van der Waals surface area contributed by atoms with Gasteiger partial charge >= 0.3 is 37.9 Å². The number of hydrogen-bond donors (Lipinski definition) is 0. The first-order valence-corrected chi connectivity index (χ1v) is 23.3. The topological polar surface area (TPSA) is 0 Å². The molecule has 4 aromatic rings. The summed E-state index contributed by atoms with van der Waals surface area (Å²) in [5.74, 6) is 0. The quantitative estimate of drug-likeness (QED) is 0.136. The molecule has 0 saturated heterocycles. The van der Waals surface area contributed by atoms with Crippen molar-refractivity contribution >= 4 is 17.0 Å². The average Bonchev–Trinajstić information content (AvgIpc) is 3.49. The van der Waals surface area contributed by atoms with Gasteiger partial charge in [0.15, 0.2) is 0 Å². The van der Waals surface area contributed by atoms with E-state index in [-0.39, 0.29) is 21.7 Å². The van der Waals surface area contributed by atoms with E-state index in [0.29, 0.717) is 0 Å². The fourth-order valence-electron chi connectivity index (χ4n) is 6.68. The van der Waals surface area contributed by atoms with Crippen LogP contribution in [0, 0.1) is 26.0 Å². The van der Waals surface area contributed by atoms with E-state index in [0.717, 1.165) is 12.8 Å². The molecule has 0 nitrogen and oxygen atoms in total. The molecule has 0 spiro atoms. The summed E-state index contributed by atoms with van der Waals surface area (Å²) in [6, 6.07) is 26.1. The van der Waals surface area contributed by atoms with Crippen LogP contribution in [0.4, 0.5) is 0 Å². The molecule has 0 heterocycles. The Morgan fingerprint density at radius 1 is 0.511 bits per heavy atom. The van der Waals surface area contributed by atoms with Gasteiger partial charge < -0.3 is 0 Å². The molecule has 4 aromatic carbocycles. The zero-order chi connectivity index (χ0) is 35.3. The standard InChI is InChI=1S/2C22H27.2ClH.Zr/c2*1-14-10-18(22(5,6)7)13-16-11-15-12-17(21(2,3)4)8-9-19(15)20(14)16;;;/h2*8-10,12H,11H2,1-7H3;2*1H;/q2*-1;;;+4/p-2. The van der Waals surface area contributed by atoms with Crippen LogP contribution in [0.2, 0.25) is 0 Å². The number of halogens is 2. The molecule has 0 bridgehead atoms. The van der Waals surface area contributed by atoms with Crippen LogP contribution in [0.3, 0.4) is 0 Å². The van der Waals surface area contributed by atoms with Crippen LogP contribution in [0.5, 0.6) is 0 Å². The molecule has 0 aliphatic heterocycles. The summed E-state index contributed by atoms with van der Waals surface area (Å²) in [4.78, 5) is 0. The Labute approximate surface area is 305 Å². The second-order valence-corrected chi connectivity index (χ2v) is 21.3. The van der Waals surface area contributed by atoms with Crippen molar-refractivity contribution in [3.05, 3.63) is 116 Å². The van der Waals surface area contributed by atoms with Gasteiger partial charge in [-0.3, -0.25) is 0 Å². The van der Waals surface area contributed by atoms with E-state index in [1.54, 1.807) is 0 Å². The molecule has 0 fully saturated rings. The van der Waals surface area contributed by atoms with Crippen molar-refractivity contribution in [1.29, 1.82) is 0 Å². The van der Waals surface area contributed by atoms with Crippen molar-refractivity contribution in [2.75, 3.05) is 0 Å². The third kappa shape index (κ3) is 8.57. The zero-order valence-corrected chi connectivity index (χ0v) is 35.3. The molecule has 248 valence electrons. The fourth-order valence-corrected chi connectivity index (χ4v) is 6.68. The SMILES string of the molecule is Cc1cc(C(C)(C)C)[c-]c2c1-c1ccc(C(C)(C)C)cc1C2.Cc1cc(C(C)(C)C)[c-]c2c1-c1ccc(C(C)(C)C)cc1C2.[Cl][Zr+2][Cl]. The Hall–Kier alpha value is -1.66. The van der Waals surface area contributed by atoms with E-state index in [1.165, 1.54) is 77.9 Å². The molecular weight excluding hydrogens is 691 g/mol. The van der Waals surface area contributed by atoms with E-state index < -0.39 is 20.8 Å². The number of hydrogen-bond acceptors (Lipinski definition) is 0. The van der Waals surface area contributed by atoms with E-state index in [1.807, 2.05) is 0 Å². The molecule has 0 saturated carbocycles. The van der Waals surface area contributed by atoms with Crippen LogP contribution in [0.25, 0.3) is 22.3 Å². The molecule has 0 amide bonds. The van der Waals surface area contributed by atoms with E-state index in [4.69, 9.17) is 17.0 Å². The van der Waals surface area contributed by atoms with Crippen molar-refractivity contribution in [3.8, 4) is 22.3 Å². The second kappa shape index (κ2) is 13.9. The predicted molar refractivity (Wildman–Crippen MR) is 203 cm³/mol. The molecule has 2 aliphatic rings. The first kappa shape index (κ1) is 38.1. The van der Waals surface area contributed by atoms with Crippen LogP contribution in [-0.4, -0.2) is 0 Å². The van der Waals surface area contributed by atoms with Crippen molar-refractivity contribution in [2.45, 2.75) is 131 Å². The summed E-state index contributed by atoms with van der Waals surface area (Å²) in [6.07, 6.45) is 2.05. The molecule has 0 atom stereocenters. The van der Waals surface area contributed by atoms with Crippen LogP contribution < -0.4 is 0 Å². The van der Waals surface area contributed by atoms with Crippen molar-refractivity contribution in [3.63, 3.8) is 0 Å². The molecule has 0 radical (unpaired) electrons. The molecule has 47 heavy (non-hydrogen) atoms. The molecule has 0 unspecified atom stereocenters. The van der Waals surface area contributed by atoms with E-state index in [9.17, 15) is 0 Å². The Bertz CT molecular complexity index is 1630. The van der Waals surface area contributed by atoms with Gasteiger partial charge in [-0.25, -0.2) is 0 Å². The third-order valence-electron chi connectivity index (χ3n) is 9.52. The Balaban J connectivity index is 0.000000197. The van der Waals surface area contributed by atoms with Gasteiger partial charge in [0.25, 0.3) is 0 Å². The van der Waals surface area contributed by atoms with Crippen LogP contribution in [0.1, 0.15) is 139 Å². The normalized spacial score (nSPS) is 13.3. The van der Waals surface area contributed by atoms with Gasteiger partial charge in [0, 0.05) is 0 Å². The average molecular weight is 745 g/mol. The van der Waals surface area contributed by atoms with Crippen molar-refractivity contribution < 1.29 is 20.8 Å². The molecule has 3 heteroatoms. The predicted octanol–water partition coefficient (Wildman–Crippen LogP) is 13.3. The second-order valence-electron chi connectivity index (χ2n) is 17.6. The van der Waals surface area contributed by atoms with Gasteiger partial charge in [0.05, 0.1) is 0 Å². The molecule has 6 rings (SSSR count). The summed E-state index contributed by atoms with van der Waals surface area (Å²) in [6.45, 7) is 31.8. The van der Waals surface area contributed by atoms with Crippen molar-refractivity contribution in [1.82, 2.24) is 0 Å². The molecular formula is C44H54Cl2Zr. The summed E-state index contributed by atoms with van der Waals surface area (Å²) in [5.41, 5.74) is 20.4. The molecule has 0 N–H and O–H groups in total. The Morgan fingerprint density at radius 3 is 1.11 bits per heavy atom. The fraction of sp³-hybridized carbons (Fsp3) is 0.455. The first-order valence-electron chi connectivity index (χ1n) is 16.9. The maximum atomic E-state index is 4.93. The van der Waals surface area contributed by atoms with Crippen LogP contribution in [0.15, 0.2) is 48.5 Å². The van der Waals surface area contributed by atoms with Gasteiger partial charge in [-0.05, 0) is 56.8 Å². The van der Waals surface area contributed by atoms with E-state index in [2.05, 4.69) is 158 Å². The Morgan fingerprint density at radius 2 is 0.830 bits per heavy atom. The number of rotatable bonds is 0. The summed E-state index contributed by atoms with van der Waals surface area (Å²) >= 11 is -0.826. The van der Waals surface area contributed by atoms with Gasteiger partial charge in [-0.1, -0.05) is 144 Å². The minimum absolute atomic E-state index is 0.158. The molecule has 0 aromatic heterocycles. The van der Waals surface area contributed by atoms with Gasteiger partial charge in [0.1, 0.15) is 0 Å². The van der Waals surface area contributed by atoms with Gasteiger partial charge in [-0.2, -0.15) is 46.5 Å². The summed E-state index contributed by atoms with van der Waals surface area (Å²) in [5, 5.41) is 0. The van der Waals surface area contributed by atoms with Crippen molar-refractivity contribution in [2.24, 2.45) is 0 Å². The third-order valence-corrected chi connectivity index (χ3v) is 9.52. The monoisotopic (exact) mass is 742 g/mol. The van der Waals surface area contributed by atoms with Gasteiger partial charge in [0.2, 0.25) is 0 Å². The van der Waals surface area contributed by atoms with Crippen LogP contribution >= 0.6 is 17.0 Å². The van der Waals surface area contributed by atoms with E-state index >= 15 is 0 Å². The number of aryl methyl sites for hydroxylation is 2. The van der Waals surface area contributed by atoms with Crippen LogP contribution in [-0.2, 0) is 55.3 Å². The van der Waals surface area contributed by atoms with Gasteiger partial charge in [-0.15, -0.1) is 22.3 Å². The first-order chi connectivity index (χ1) is 21.6. The summed E-state index contributed by atoms with van der Waals surface area (Å²) < 4.78 is 0. The number of benzene rings is 4. The minimum atomic E-state index is -0.826. The maximum absolute atomic E-state index is 4.93. The Kier molecular flexibility index (Phi) is 11.3. The number of fused-ring (bicyclic) bond motifs is 6.